The number of rotatable bonds is 3. The largest absolute Gasteiger partial charge is 0.328 e. The van der Waals surface area contributed by atoms with Crippen molar-refractivity contribution < 1.29 is 9.59 Å². The molecule has 1 fully saturated rings. The van der Waals surface area contributed by atoms with Crippen LogP contribution in [-0.4, -0.2) is 23.1 Å². The number of Topliss-reactive ketones (excluding diaryl/α,β-unsaturated/α-hetero) is 1. The number of ketones is 1. The molecule has 1 aromatic carbocycles. The predicted octanol–water partition coefficient (Wildman–Crippen LogP) is 2.97. The van der Waals surface area contributed by atoms with Crippen LogP contribution in [0.4, 0.5) is 0 Å². The van der Waals surface area contributed by atoms with E-state index >= 15 is 0 Å². The number of likely N-dealkylation sites (tertiary alicyclic amines) is 1. The van der Waals surface area contributed by atoms with Gasteiger partial charge in [0.25, 0.3) is 0 Å². The van der Waals surface area contributed by atoms with E-state index in [1.165, 1.54) is 0 Å². The summed E-state index contributed by atoms with van der Waals surface area (Å²) in [7, 11) is 0. The smallest absolute Gasteiger partial charge is 0.229 e. The van der Waals surface area contributed by atoms with Crippen LogP contribution < -0.4 is 0 Å². The summed E-state index contributed by atoms with van der Waals surface area (Å²) in [6.45, 7) is 6.44. The second-order valence-corrected chi connectivity index (χ2v) is 5.77. The molecule has 1 amide bonds. The summed E-state index contributed by atoms with van der Waals surface area (Å²) in [6, 6.07) is 9.20. The van der Waals surface area contributed by atoms with Crippen LogP contribution in [0.2, 0.25) is 0 Å². The minimum atomic E-state index is -0.405. The summed E-state index contributed by atoms with van der Waals surface area (Å²) < 4.78 is 0. The molecule has 0 N–H and O–H groups in total. The van der Waals surface area contributed by atoms with Crippen molar-refractivity contribution in [2.45, 2.75) is 39.7 Å². The Morgan fingerprint density at radius 3 is 2.53 bits per heavy atom. The highest BCUT2D eigenvalue weighted by atomic mass is 16.2. The van der Waals surface area contributed by atoms with Crippen molar-refractivity contribution in [2.75, 3.05) is 6.54 Å². The van der Waals surface area contributed by atoms with E-state index in [4.69, 9.17) is 0 Å². The standard InChI is InChI=1S/C16H21NO2/c1-4-16(2,3)15(19)17-11-10-13(18)14(17)12-8-6-5-7-9-12/h5-9,14H,4,10-11H2,1-3H3/t14-/m1/s1. The van der Waals surface area contributed by atoms with Gasteiger partial charge in [-0.25, -0.2) is 0 Å². The number of hydrogen-bond donors (Lipinski definition) is 0. The molecule has 0 unspecified atom stereocenters. The maximum absolute atomic E-state index is 12.6. The molecule has 0 spiro atoms. The molecule has 1 aliphatic heterocycles. The second-order valence-electron chi connectivity index (χ2n) is 5.77. The normalized spacial score (nSPS) is 19.8. The van der Waals surface area contributed by atoms with Crippen LogP contribution in [-0.2, 0) is 9.59 Å². The van der Waals surface area contributed by atoms with Gasteiger partial charge in [-0.05, 0) is 12.0 Å². The van der Waals surface area contributed by atoms with Crippen LogP contribution in [0.5, 0.6) is 0 Å². The Hall–Kier alpha value is -1.64. The van der Waals surface area contributed by atoms with E-state index in [-0.39, 0.29) is 17.7 Å². The molecule has 19 heavy (non-hydrogen) atoms. The third kappa shape index (κ3) is 2.55. The van der Waals surface area contributed by atoms with Gasteiger partial charge in [0.05, 0.1) is 0 Å². The average molecular weight is 259 g/mol. The average Bonchev–Trinajstić information content (AvgIpc) is 2.80. The molecule has 2 rings (SSSR count). The molecule has 3 heteroatoms. The molecule has 102 valence electrons. The zero-order chi connectivity index (χ0) is 14.0. The zero-order valence-corrected chi connectivity index (χ0v) is 11.8. The highest BCUT2D eigenvalue weighted by Gasteiger charge is 2.41. The van der Waals surface area contributed by atoms with Crippen molar-refractivity contribution in [2.24, 2.45) is 5.41 Å². The van der Waals surface area contributed by atoms with E-state index in [0.29, 0.717) is 13.0 Å². The molecular formula is C16H21NO2. The van der Waals surface area contributed by atoms with Gasteiger partial charge >= 0.3 is 0 Å². The summed E-state index contributed by atoms with van der Waals surface area (Å²) in [5, 5.41) is 0. The van der Waals surface area contributed by atoms with Crippen LogP contribution >= 0.6 is 0 Å². The fourth-order valence-electron chi connectivity index (χ4n) is 2.43. The van der Waals surface area contributed by atoms with Crippen molar-refractivity contribution in [3.8, 4) is 0 Å². The van der Waals surface area contributed by atoms with Gasteiger partial charge in [0.1, 0.15) is 6.04 Å². The fraction of sp³-hybridized carbons (Fsp3) is 0.500. The molecule has 1 heterocycles. The van der Waals surface area contributed by atoms with Gasteiger partial charge in [-0.3, -0.25) is 9.59 Å². The van der Waals surface area contributed by atoms with Gasteiger partial charge in [0.15, 0.2) is 5.78 Å². The van der Waals surface area contributed by atoms with Crippen LogP contribution in [0.1, 0.15) is 45.2 Å². The monoisotopic (exact) mass is 259 g/mol. The summed E-state index contributed by atoms with van der Waals surface area (Å²) in [4.78, 5) is 26.5. The first kappa shape index (κ1) is 13.8. The number of benzene rings is 1. The summed E-state index contributed by atoms with van der Waals surface area (Å²) in [5.74, 6) is 0.223. The highest BCUT2D eigenvalue weighted by molar-refractivity contribution is 5.94. The molecular weight excluding hydrogens is 238 g/mol. The van der Waals surface area contributed by atoms with Crippen LogP contribution in [0.3, 0.4) is 0 Å². The molecule has 1 atom stereocenters. The van der Waals surface area contributed by atoms with E-state index in [9.17, 15) is 9.59 Å². The lowest BCUT2D eigenvalue weighted by atomic mass is 9.88. The Labute approximate surface area is 114 Å². The first-order chi connectivity index (χ1) is 8.97. The predicted molar refractivity (Wildman–Crippen MR) is 74.6 cm³/mol. The Morgan fingerprint density at radius 2 is 1.95 bits per heavy atom. The zero-order valence-electron chi connectivity index (χ0n) is 11.8. The minimum absolute atomic E-state index is 0.0784. The molecule has 1 saturated heterocycles. The van der Waals surface area contributed by atoms with E-state index < -0.39 is 5.41 Å². The Kier molecular flexibility index (Phi) is 3.74. The van der Waals surface area contributed by atoms with Crippen LogP contribution in [0, 0.1) is 5.41 Å². The van der Waals surface area contributed by atoms with E-state index in [0.717, 1.165) is 12.0 Å². The van der Waals surface area contributed by atoms with Crippen LogP contribution in [0.25, 0.3) is 0 Å². The maximum atomic E-state index is 12.6. The van der Waals surface area contributed by atoms with Gasteiger partial charge in [0.2, 0.25) is 5.91 Å². The third-order valence-corrected chi connectivity index (χ3v) is 4.05. The number of carbonyl (C=O) groups is 2. The quantitative estimate of drug-likeness (QED) is 0.837. The van der Waals surface area contributed by atoms with Gasteiger partial charge < -0.3 is 4.90 Å². The molecule has 0 bridgehead atoms. The molecule has 0 aromatic heterocycles. The minimum Gasteiger partial charge on any atom is -0.328 e. The van der Waals surface area contributed by atoms with E-state index in [2.05, 4.69) is 0 Å². The van der Waals surface area contributed by atoms with Crippen LogP contribution in [0.15, 0.2) is 30.3 Å². The van der Waals surface area contributed by atoms with Crippen molar-refractivity contribution in [3.05, 3.63) is 35.9 Å². The summed E-state index contributed by atoms with van der Waals surface area (Å²) in [6.07, 6.45) is 1.24. The number of carbonyl (C=O) groups excluding carboxylic acids is 2. The molecule has 0 saturated carbocycles. The fourth-order valence-corrected chi connectivity index (χ4v) is 2.43. The Bertz CT molecular complexity index is 479. The lowest BCUT2D eigenvalue weighted by molar-refractivity contribution is -0.143. The molecule has 1 aromatic rings. The van der Waals surface area contributed by atoms with Gasteiger partial charge in [-0.2, -0.15) is 0 Å². The Morgan fingerprint density at radius 1 is 1.32 bits per heavy atom. The lowest BCUT2D eigenvalue weighted by Gasteiger charge is -2.32. The number of hydrogen-bond acceptors (Lipinski definition) is 2. The SMILES string of the molecule is CCC(C)(C)C(=O)N1CCC(=O)[C@H]1c1ccccc1. The molecule has 0 aliphatic carbocycles. The van der Waals surface area contributed by atoms with Crippen molar-refractivity contribution >= 4 is 11.7 Å². The summed E-state index contributed by atoms with van der Waals surface area (Å²) in [5.41, 5.74) is 0.516. The van der Waals surface area contributed by atoms with Gasteiger partial charge in [0, 0.05) is 18.4 Å². The van der Waals surface area contributed by atoms with Crippen molar-refractivity contribution in [1.82, 2.24) is 4.90 Å². The highest BCUT2D eigenvalue weighted by Crippen LogP contribution is 2.34. The topological polar surface area (TPSA) is 37.4 Å². The molecule has 3 nitrogen and oxygen atoms in total. The summed E-state index contributed by atoms with van der Waals surface area (Å²) >= 11 is 0. The first-order valence-electron chi connectivity index (χ1n) is 6.86. The Balaban J connectivity index is 2.31. The second kappa shape index (κ2) is 5.16. The number of amides is 1. The molecule has 1 aliphatic rings. The lowest BCUT2D eigenvalue weighted by Crippen LogP contribution is -2.41. The number of nitrogens with zero attached hydrogens (tertiary/aromatic N) is 1. The maximum Gasteiger partial charge on any atom is 0.229 e. The van der Waals surface area contributed by atoms with Gasteiger partial charge in [-0.15, -0.1) is 0 Å². The third-order valence-electron chi connectivity index (χ3n) is 4.05. The van der Waals surface area contributed by atoms with E-state index in [1.54, 1.807) is 4.90 Å². The van der Waals surface area contributed by atoms with Crippen molar-refractivity contribution in [1.29, 1.82) is 0 Å². The van der Waals surface area contributed by atoms with Crippen molar-refractivity contribution in [3.63, 3.8) is 0 Å². The first-order valence-corrected chi connectivity index (χ1v) is 6.86. The van der Waals surface area contributed by atoms with E-state index in [1.807, 2.05) is 51.1 Å². The molecule has 0 radical (unpaired) electrons. The van der Waals surface area contributed by atoms with Gasteiger partial charge in [-0.1, -0.05) is 51.1 Å².